The van der Waals surface area contributed by atoms with Crippen molar-refractivity contribution in [2.75, 3.05) is 38.8 Å². The number of nitrogens with zero attached hydrogens (tertiary/aromatic N) is 1. The van der Waals surface area contributed by atoms with Gasteiger partial charge in [-0.2, -0.15) is 0 Å². The molecule has 1 saturated heterocycles. The Balaban J connectivity index is 2.10. The zero-order chi connectivity index (χ0) is 14.5. The minimum atomic E-state index is -0.735. The van der Waals surface area contributed by atoms with Gasteiger partial charge in [-0.05, 0) is 31.2 Å². The molecule has 1 aromatic carbocycles. The van der Waals surface area contributed by atoms with E-state index in [0.29, 0.717) is 13.0 Å². The van der Waals surface area contributed by atoms with Crippen LogP contribution in [0.3, 0.4) is 0 Å². The summed E-state index contributed by atoms with van der Waals surface area (Å²) in [6, 6.07) is 7.38. The molecule has 0 amide bonds. The van der Waals surface area contributed by atoms with Crippen LogP contribution in [0.4, 0.5) is 14.5 Å². The summed E-state index contributed by atoms with van der Waals surface area (Å²) in [5.74, 6) is 0. The second-order valence-corrected chi connectivity index (χ2v) is 5.13. The van der Waals surface area contributed by atoms with E-state index in [1.54, 1.807) is 14.2 Å². The zero-order valence-electron chi connectivity index (χ0n) is 12.0. The highest BCUT2D eigenvalue weighted by molar-refractivity contribution is 5.49. The van der Waals surface area contributed by atoms with Gasteiger partial charge in [0.25, 0.3) is 0 Å². The van der Waals surface area contributed by atoms with Crippen molar-refractivity contribution < 1.29 is 13.5 Å². The molecule has 0 saturated carbocycles. The molecule has 2 rings (SSSR count). The summed E-state index contributed by atoms with van der Waals surface area (Å²) >= 11 is 0. The van der Waals surface area contributed by atoms with E-state index in [9.17, 15) is 8.78 Å². The predicted octanol–water partition coefficient (Wildman–Crippen LogP) is 2.48. The molecule has 0 bridgehead atoms. The van der Waals surface area contributed by atoms with Crippen molar-refractivity contribution in [2.45, 2.75) is 24.7 Å². The summed E-state index contributed by atoms with van der Waals surface area (Å²) in [5.41, 5.74) is 1.93. The predicted molar refractivity (Wildman–Crippen MR) is 76.7 cm³/mol. The second-order valence-electron chi connectivity index (χ2n) is 5.13. The number of anilines is 1. The Morgan fingerprint density at radius 1 is 1.40 bits per heavy atom. The third kappa shape index (κ3) is 3.27. The Kier molecular flexibility index (Phi) is 5.31. The number of methoxy groups -OCH3 is 1. The van der Waals surface area contributed by atoms with E-state index in [-0.39, 0.29) is 12.1 Å². The van der Waals surface area contributed by atoms with Gasteiger partial charge in [-0.3, -0.25) is 0 Å². The fourth-order valence-electron chi connectivity index (χ4n) is 2.67. The lowest BCUT2D eigenvalue weighted by Gasteiger charge is -2.24. The normalized spacial score (nSPS) is 22.0. The van der Waals surface area contributed by atoms with Crippen LogP contribution >= 0.6 is 0 Å². The molecular formula is C15H22F2N2O. The Labute approximate surface area is 118 Å². The largest absolute Gasteiger partial charge is 0.375 e. The molecule has 1 aliphatic rings. The van der Waals surface area contributed by atoms with Gasteiger partial charge in [0, 0.05) is 25.9 Å². The molecule has 0 radical (unpaired) electrons. The quantitative estimate of drug-likeness (QED) is 0.868. The lowest BCUT2D eigenvalue weighted by Crippen LogP contribution is -2.35. The van der Waals surface area contributed by atoms with Crippen molar-refractivity contribution in [1.29, 1.82) is 0 Å². The van der Waals surface area contributed by atoms with Gasteiger partial charge in [-0.1, -0.05) is 12.1 Å². The van der Waals surface area contributed by atoms with Crippen LogP contribution in [-0.4, -0.2) is 46.1 Å². The molecule has 1 fully saturated rings. The van der Waals surface area contributed by atoms with Crippen LogP contribution in [0, 0.1) is 0 Å². The van der Waals surface area contributed by atoms with Crippen molar-refractivity contribution in [3.05, 3.63) is 29.8 Å². The number of likely N-dealkylation sites (N-methyl/N-ethyl adjacent to an activating group) is 1. The molecule has 0 aliphatic carbocycles. The highest BCUT2D eigenvalue weighted by atomic mass is 19.1. The van der Waals surface area contributed by atoms with Crippen LogP contribution in [0.5, 0.6) is 0 Å². The number of nitrogens with one attached hydrogen (secondary N) is 1. The smallest absolute Gasteiger partial charge is 0.119 e. The maximum Gasteiger partial charge on any atom is 0.119 e. The van der Waals surface area contributed by atoms with Crippen molar-refractivity contribution in [1.82, 2.24) is 5.32 Å². The van der Waals surface area contributed by atoms with Crippen LogP contribution in [0.15, 0.2) is 24.3 Å². The van der Waals surface area contributed by atoms with Crippen LogP contribution in [-0.2, 0) is 4.74 Å². The van der Waals surface area contributed by atoms with Crippen molar-refractivity contribution in [2.24, 2.45) is 0 Å². The molecule has 1 aliphatic heterocycles. The average Bonchev–Trinajstić information content (AvgIpc) is 2.91. The van der Waals surface area contributed by atoms with Gasteiger partial charge in [-0.25, -0.2) is 8.78 Å². The average molecular weight is 284 g/mol. The number of benzene rings is 1. The van der Waals surface area contributed by atoms with E-state index >= 15 is 0 Å². The Morgan fingerprint density at radius 2 is 2.10 bits per heavy atom. The van der Waals surface area contributed by atoms with Gasteiger partial charge >= 0.3 is 0 Å². The zero-order valence-corrected chi connectivity index (χ0v) is 12.0. The van der Waals surface area contributed by atoms with Crippen LogP contribution in [0.25, 0.3) is 0 Å². The van der Waals surface area contributed by atoms with Crippen molar-refractivity contribution >= 4 is 5.69 Å². The summed E-state index contributed by atoms with van der Waals surface area (Å²) in [6.45, 7) is 0.709. The van der Waals surface area contributed by atoms with Crippen molar-refractivity contribution in [3.8, 4) is 0 Å². The first-order valence-electron chi connectivity index (χ1n) is 6.94. The Morgan fingerprint density at radius 3 is 2.55 bits per heavy atom. The second kappa shape index (κ2) is 6.99. The third-order valence-electron chi connectivity index (χ3n) is 3.87. The topological polar surface area (TPSA) is 24.5 Å². The van der Waals surface area contributed by atoms with Gasteiger partial charge in [0.05, 0.1) is 12.1 Å². The van der Waals surface area contributed by atoms with Gasteiger partial charge in [-0.15, -0.1) is 0 Å². The maximum atomic E-state index is 13.2. The number of halogens is 2. The monoisotopic (exact) mass is 284 g/mol. The molecule has 112 valence electrons. The first-order chi connectivity index (χ1) is 9.69. The lowest BCUT2D eigenvalue weighted by atomic mass is 10.0. The minimum Gasteiger partial charge on any atom is -0.375 e. The third-order valence-corrected chi connectivity index (χ3v) is 3.87. The van der Waals surface area contributed by atoms with E-state index in [4.69, 9.17) is 4.74 Å². The molecule has 0 aromatic heterocycles. The first-order valence-corrected chi connectivity index (χ1v) is 6.94. The van der Waals surface area contributed by atoms with Gasteiger partial charge in [0.15, 0.2) is 0 Å². The summed E-state index contributed by atoms with van der Waals surface area (Å²) < 4.78 is 31.6. The number of hydrogen-bond donors (Lipinski definition) is 1. The molecule has 5 heteroatoms. The van der Waals surface area contributed by atoms with E-state index in [2.05, 4.69) is 5.32 Å². The molecule has 1 heterocycles. The fraction of sp³-hybridized carbons (Fsp3) is 0.600. The molecule has 0 spiro atoms. The van der Waals surface area contributed by atoms with Crippen molar-refractivity contribution in [3.63, 3.8) is 0 Å². The lowest BCUT2D eigenvalue weighted by molar-refractivity contribution is 0.0615. The number of alkyl halides is 2. The molecule has 3 atom stereocenters. The Hall–Kier alpha value is -1.20. The van der Waals surface area contributed by atoms with E-state index in [0.717, 1.165) is 17.8 Å². The number of hydrogen-bond acceptors (Lipinski definition) is 3. The van der Waals surface area contributed by atoms with Crippen LogP contribution in [0.2, 0.25) is 0 Å². The molecule has 20 heavy (non-hydrogen) atoms. The molecule has 3 nitrogen and oxygen atoms in total. The molecule has 0 unspecified atom stereocenters. The number of ether oxygens (including phenoxy) is 1. The number of rotatable bonds is 6. The summed E-state index contributed by atoms with van der Waals surface area (Å²) in [4.78, 5) is 2.03. The minimum absolute atomic E-state index is 0.327. The van der Waals surface area contributed by atoms with E-state index in [1.165, 1.54) is 0 Å². The van der Waals surface area contributed by atoms with Gasteiger partial charge < -0.3 is 15.0 Å². The van der Waals surface area contributed by atoms with Crippen LogP contribution in [0.1, 0.15) is 18.1 Å². The van der Waals surface area contributed by atoms with E-state index < -0.39 is 12.8 Å². The summed E-state index contributed by atoms with van der Waals surface area (Å²) in [5, 5.41) is 2.92. The van der Waals surface area contributed by atoms with Crippen LogP contribution < -0.4 is 10.2 Å². The SMILES string of the molecule is CN[C@H](CF)[C@H](OC)c1ccc(N2CC[C@@H](F)C2)cc1. The molecular weight excluding hydrogens is 262 g/mol. The summed E-state index contributed by atoms with van der Waals surface area (Å²) in [6.07, 6.45) is -0.472. The van der Waals surface area contributed by atoms with Gasteiger partial charge in [0.1, 0.15) is 12.8 Å². The first kappa shape index (κ1) is 15.2. The highest BCUT2D eigenvalue weighted by Gasteiger charge is 2.24. The maximum absolute atomic E-state index is 13.2. The fourth-order valence-corrected chi connectivity index (χ4v) is 2.67. The summed E-state index contributed by atoms with van der Waals surface area (Å²) in [7, 11) is 3.29. The van der Waals surface area contributed by atoms with Gasteiger partial charge in [0.2, 0.25) is 0 Å². The standard InChI is InChI=1S/C15H22F2N2O/c1-18-14(9-16)15(20-2)11-3-5-13(6-4-11)19-8-7-12(17)10-19/h3-6,12,14-15,18H,7-10H2,1-2H3/t12-,14-,15-/m1/s1. The molecule has 1 aromatic rings. The highest BCUT2D eigenvalue weighted by Crippen LogP contribution is 2.26. The molecule has 1 N–H and O–H groups in total. The Bertz CT molecular complexity index is 409. The van der Waals surface area contributed by atoms with E-state index in [1.807, 2.05) is 29.2 Å².